The average Bonchev–Trinajstić information content (AvgIpc) is 3.24. The van der Waals surface area contributed by atoms with Crippen molar-refractivity contribution >= 4 is 16.0 Å². The van der Waals surface area contributed by atoms with Gasteiger partial charge in [0.2, 0.25) is 0 Å². The molecule has 0 aliphatic rings. The number of carbonyl (C=O) groups excluding carboxylic acids is 1. The van der Waals surface area contributed by atoms with Crippen molar-refractivity contribution in [1.29, 1.82) is 0 Å². The van der Waals surface area contributed by atoms with Gasteiger partial charge in [0, 0.05) is 0 Å². The van der Waals surface area contributed by atoms with E-state index in [9.17, 15) is 17.6 Å². The zero-order valence-electron chi connectivity index (χ0n) is 16.0. The Kier molecular flexibility index (Phi) is 6.80. The van der Waals surface area contributed by atoms with Crippen LogP contribution in [0.15, 0.2) is 65.8 Å². The van der Waals surface area contributed by atoms with E-state index in [0.717, 1.165) is 6.20 Å². The molecule has 0 saturated carbocycles. The van der Waals surface area contributed by atoms with Crippen LogP contribution in [0.2, 0.25) is 0 Å². The zero-order valence-corrected chi connectivity index (χ0v) is 16.9. The number of halogens is 1. The highest BCUT2D eigenvalue weighted by Crippen LogP contribution is 2.22. The number of hydrogen-bond donors (Lipinski definition) is 2. The van der Waals surface area contributed by atoms with E-state index in [2.05, 4.69) is 14.9 Å². The Balaban J connectivity index is 1.87. The number of sulfonamides is 1. The van der Waals surface area contributed by atoms with Crippen LogP contribution in [-0.2, 0) is 14.8 Å². The molecule has 0 aliphatic heterocycles. The number of esters is 1. The minimum atomic E-state index is -4.22. The fourth-order valence-electron chi connectivity index (χ4n) is 2.70. The van der Waals surface area contributed by atoms with Gasteiger partial charge >= 0.3 is 5.97 Å². The largest absolute Gasteiger partial charge is 0.488 e. The highest BCUT2D eigenvalue weighted by atomic mass is 32.2. The van der Waals surface area contributed by atoms with Gasteiger partial charge in [-0.3, -0.25) is 5.10 Å². The molecule has 3 rings (SSSR count). The summed E-state index contributed by atoms with van der Waals surface area (Å²) < 4.78 is 52.7. The van der Waals surface area contributed by atoms with Crippen molar-refractivity contribution in [3.63, 3.8) is 0 Å². The van der Waals surface area contributed by atoms with Crippen LogP contribution in [0.5, 0.6) is 5.75 Å². The van der Waals surface area contributed by atoms with E-state index in [-0.39, 0.29) is 24.5 Å². The van der Waals surface area contributed by atoms with Gasteiger partial charge in [0.1, 0.15) is 12.2 Å². The Labute approximate surface area is 173 Å². The molecule has 10 heteroatoms. The van der Waals surface area contributed by atoms with Gasteiger partial charge < -0.3 is 9.47 Å². The molecule has 1 aromatic heterocycles. The molecule has 0 aliphatic carbocycles. The van der Waals surface area contributed by atoms with Gasteiger partial charge in [-0.25, -0.2) is 17.6 Å². The first-order chi connectivity index (χ1) is 14.4. The van der Waals surface area contributed by atoms with Gasteiger partial charge in [0.25, 0.3) is 10.0 Å². The number of aromatic nitrogens is 2. The van der Waals surface area contributed by atoms with Gasteiger partial charge in [-0.2, -0.15) is 9.82 Å². The van der Waals surface area contributed by atoms with Crippen molar-refractivity contribution < 1.29 is 27.1 Å². The highest BCUT2D eigenvalue weighted by molar-refractivity contribution is 7.89. The Morgan fingerprint density at radius 3 is 2.57 bits per heavy atom. The SMILES string of the molecule is CCOC(=O)c1cn[nH]c1S(=O)(=O)NC(COc1ccccc1F)c1ccccc1. The number of nitrogens with one attached hydrogen (secondary N) is 2. The minimum absolute atomic E-state index is 0.00798. The summed E-state index contributed by atoms with van der Waals surface area (Å²) in [5, 5.41) is 5.55. The Morgan fingerprint density at radius 2 is 1.87 bits per heavy atom. The van der Waals surface area contributed by atoms with Gasteiger partial charge in [-0.05, 0) is 24.6 Å². The van der Waals surface area contributed by atoms with Crippen LogP contribution in [-0.4, -0.2) is 37.8 Å². The molecule has 1 heterocycles. The number of carbonyl (C=O) groups is 1. The monoisotopic (exact) mass is 433 g/mol. The van der Waals surface area contributed by atoms with E-state index < -0.39 is 32.9 Å². The lowest BCUT2D eigenvalue weighted by Crippen LogP contribution is -2.33. The normalized spacial score (nSPS) is 12.3. The quantitative estimate of drug-likeness (QED) is 0.502. The van der Waals surface area contributed by atoms with Gasteiger partial charge in [-0.15, -0.1) is 0 Å². The van der Waals surface area contributed by atoms with E-state index in [0.29, 0.717) is 5.56 Å². The van der Waals surface area contributed by atoms with Gasteiger partial charge in [-0.1, -0.05) is 42.5 Å². The van der Waals surface area contributed by atoms with E-state index >= 15 is 0 Å². The molecule has 30 heavy (non-hydrogen) atoms. The molecule has 0 radical (unpaired) electrons. The molecular formula is C20H20FN3O5S. The lowest BCUT2D eigenvalue weighted by atomic mass is 10.1. The van der Waals surface area contributed by atoms with Crippen molar-refractivity contribution in [3.05, 3.63) is 77.7 Å². The molecule has 1 unspecified atom stereocenters. The van der Waals surface area contributed by atoms with Gasteiger partial charge in [0.15, 0.2) is 16.6 Å². The fraction of sp³-hybridized carbons (Fsp3) is 0.200. The molecule has 8 nitrogen and oxygen atoms in total. The number of aromatic amines is 1. The van der Waals surface area contributed by atoms with E-state index in [1.807, 2.05) is 0 Å². The van der Waals surface area contributed by atoms with Crippen molar-refractivity contribution in [2.24, 2.45) is 0 Å². The maximum atomic E-state index is 13.9. The summed E-state index contributed by atoms with van der Waals surface area (Å²) in [6.45, 7) is 1.50. The minimum Gasteiger partial charge on any atom is -0.488 e. The number of hydrogen-bond acceptors (Lipinski definition) is 6. The number of benzene rings is 2. The summed E-state index contributed by atoms with van der Waals surface area (Å²) in [5.74, 6) is -1.39. The number of ether oxygens (including phenoxy) is 2. The first kappa shape index (κ1) is 21.5. The zero-order chi connectivity index (χ0) is 21.6. The summed E-state index contributed by atoms with van der Waals surface area (Å²) >= 11 is 0. The van der Waals surface area contributed by atoms with Crippen molar-refractivity contribution in [2.45, 2.75) is 18.0 Å². The molecule has 0 bridgehead atoms. The molecule has 1 atom stereocenters. The third-order valence-electron chi connectivity index (χ3n) is 4.11. The second kappa shape index (κ2) is 9.51. The third kappa shape index (κ3) is 5.02. The molecule has 2 N–H and O–H groups in total. The van der Waals surface area contributed by atoms with Crippen LogP contribution in [0, 0.1) is 5.82 Å². The van der Waals surface area contributed by atoms with E-state index in [4.69, 9.17) is 9.47 Å². The average molecular weight is 433 g/mol. The second-order valence-corrected chi connectivity index (χ2v) is 7.81. The predicted molar refractivity (Wildman–Crippen MR) is 106 cm³/mol. The topological polar surface area (TPSA) is 110 Å². The number of nitrogens with zero attached hydrogens (tertiary/aromatic N) is 1. The molecule has 2 aromatic carbocycles. The lowest BCUT2D eigenvalue weighted by molar-refractivity contribution is 0.0521. The smallest absolute Gasteiger partial charge is 0.342 e. The first-order valence-electron chi connectivity index (χ1n) is 9.07. The van der Waals surface area contributed by atoms with Crippen LogP contribution in [0.25, 0.3) is 0 Å². The summed E-state index contributed by atoms with van der Waals surface area (Å²) in [6, 6.07) is 13.6. The van der Waals surface area contributed by atoms with E-state index in [1.165, 1.54) is 18.2 Å². The molecular weight excluding hydrogens is 413 g/mol. The van der Waals surface area contributed by atoms with E-state index in [1.54, 1.807) is 43.3 Å². The Hall–Kier alpha value is -3.24. The number of rotatable bonds is 9. The van der Waals surface area contributed by atoms with Crippen LogP contribution in [0.4, 0.5) is 4.39 Å². The van der Waals surface area contributed by atoms with Gasteiger partial charge in [0.05, 0.1) is 18.8 Å². The third-order valence-corrected chi connectivity index (χ3v) is 5.55. The Morgan fingerprint density at radius 1 is 1.17 bits per heavy atom. The summed E-state index contributed by atoms with van der Waals surface area (Å²) in [5.41, 5.74) is 0.376. The lowest BCUT2D eigenvalue weighted by Gasteiger charge is -2.20. The van der Waals surface area contributed by atoms with Crippen molar-refractivity contribution in [2.75, 3.05) is 13.2 Å². The first-order valence-corrected chi connectivity index (χ1v) is 10.6. The van der Waals surface area contributed by atoms with Crippen molar-refractivity contribution in [1.82, 2.24) is 14.9 Å². The predicted octanol–water partition coefficient (Wildman–Crippen LogP) is 2.82. The number of H-pyrrole nitrogens is 1. The second-order valence-electron chi connectivity index (χ2n) is 6.16. The summed E-state index contributed by atoms with van der Waals surface area (Å²) in [4.78, 5) is 12.0. The highest BCUT2D eigenvalue weighted by Gasteiger charge is 2.29. The summed E-state index contributed by atoms with van der Waals surface area (Å²) in [7, 11) is -4.22. The van der Waals surface area contributed by atoms with Crippen LogP contribution < -0.4 is 9.46 Å². The molecule has 0 amide bonds. The van der Waals surface area contributed by atoms with Crippen molar-refractivity contribution in [3.8, 4) is 5.75 Å². The van der Waals surface area contributed by atoms with Crippen LogP contribution in [0.3, 0.4) is 0 Å². The van der Waals surface area contributed by atoms with Crippen LogP contribution in [0.1, 0.15) is 28.9 Å². The Bertz CT molecular complexity index is 1100. The number of para-hydroxylation sites is 1. The maximum Gasteiger partial charge on any atom is 0.342 e. The molecule has 158 valence electrons. The summed E-state index contributed by atoms with van der Waals surface area (Å²) in [6.07, 6.45) is 1.08. The standard InChI is InChI=1S/C20H20FN3O5S/c1-2-28-20(25)15-12-22-23-19(15)30(26,27)24-17(14-8-4-3-5-9-14)13-29-18-11-7-6-10-16(18)21/h3-12,17,24H,2,13H2,1H3,(H,22,23). The maximum absolute atomic E-state index is 13.9. The van der Waals surface area contributed by atoms with Crippen LogP contribution >= 0.6 is 0 Å². The molecule has 0 spiro atoms. The molecule has 3 aromatic rings. The fourth-order valence-corrected chi connectivity index (χ4v) is 3.99. The molecule has 0 saturated heterocycles. The molecule has 0 fully saturated rings.